The van der Waals surface area contributed by atoms with E-state index in [2.05, 4.69) is 27.4 Å². The highest BCUT2D eigenvalue weighted by atomic mass is 16.1. The van der Waals surface area contributed by atoms with E-state index >= 15 is 0 Å². The molecular weight excluding hydrogens is 286 g/mol. The van der Waals surface area contributed by atoms with Crippen LogP contribution in [0.25, 0.3) is 21.8 Å². The molecule has 0 fully saturated rings. The van der Waals surface area contributed by atoms with E-state index in [0.717, 1.165) is 22.8 Å². The number of carbonyl (C=O) groups excluding carboxylic acids is 1. The van der Waals surface area contributed by atoms with Crippen molar-refractivity contribution in [1.29, 1.82) is 0 Å². The van der Waals surface area contributed by atoms with Crippen LogP contribution in [0.5, 0.6) is 0 Å². The second-order valence-electron chi connectivity index (χ2n) is 5.64. The average molecular weight is 303 g/mol. The van der Waals surface area contributed by atoms with E-state index in [9.17, 15) is 4.79 Å². The van der Waals surface area contributed by atoms with E-state index in [1.807, 2.05) is 48.7 Å². The Labute approximate surface area is 133 Å². The number of fused-ring (bicyclic) bond motifs is 2. The normalized spacial score (nSPS) is 11.1. The first-order chi connectivity index (χ1) is 11.3. The van der Waals surface area contributed by atoms with Gasteiger partial charge in [0, 0.05) is 34.5 Å². The Hall–Kier alpha value is -3.01. The first-order valence-corrected chi connectivity index (χ1v) is 7.72. The third kappa shape index (κ3) is 2.59. The third-order valence-corrected chi connectivity index (χ3v) is 4.13. The van der Waals surface area contributed by atoms with Gasteiger partial charge in [0.05, 0.1) is 0 Å². The highest BCUT2D eigenvalue weighted by Crippen LogP contribution is 2.18. The molecule has 0 atom stereocenters. The maximum absolute atomic E-state index is 12.3. The van der Waals surface area contributed by atoms with Crippen molar-refractivity contribution < 1.29 is 4.79 Å². The van der Waals surface area contributed by atoms with Gasteiger partial charge in [-0.15, -0.1) is 0 Å². The summed E-state index contributed by atoms with van der Waals surface area (Å²) in [5.41, 5.74) is 3.93. The number of para-hydroxylation sites is 2. The predicted molar refractivity (Wildman–Crippen MR) is 92.6 cm³/mol. The van der Waals surface area contributed by atoms with Gasteiger partial charge >= 0.3 is 0 Å². The predicted octanol–water partition coefficient (Wildman–Crippen LogP) is 3.62. The number of nitrogens with one attached hydrogen (secondary N) is 3. The number of hydrogen-bond donors (Lipinski definition) is 3. The van der Waals surface area contributed by atoms with E-state index in [1.165, 1.54) is 10.9 Å². The molecule has 114 valence electrons. The molecule has 2 aromatic carbocycles. The lowest BCUT2D eigenvalue weighted by atomic mass is 10.1. The molecule has 1 amide bonds. The summed E-state index contributed by atoms with van der Waals surface area (Å²) >= 11 is 0. The van der Waals surface area contributed by atoms with Crippen molar-refractivity contribution >= 4 is 27.7 Å². The zero-order valence-corrected chi connectivity index (χ0v) is 12.6. The standard InChI is InChI=1S/C19H17N3O/c23-19(18-11-13-5-1-3-7-16(13)22-18)20-10-9-14-12-21-17-8-4-2-6-15(14)17/h1-8,11-12,21-22H,9-10H2,(H,20,23). The van der Waals surface area contributed by atoms with Crippen LogP contribution in [0.15, 0.2) is 60.8 Å². The van der Waals surface area contributed by atoms with Crippen LogP contribution in [0.4, 0.5) is 0 Å². The van der Waals surface area contributed by atoms with E-state index in [0.29, 0.717) is 12.2 Å². The molecule has 3 N–H and O–H groups in total. The van der Waals surface area contributed by atoms with Crippen molar-refractivity contribution in [3.05, 3.63) is 72.1 Å². The van der Waals surface area contributed by atoms with Gasteiger partial charge in [0.15, 0.2) is 0 Å². The number of aromatic amines is 2. The summed E-state index contributed by atoms with van der Waals surface area (Å²) in [5.74, 6) is -0.0685. The monoisotopic (exact) mass is 303 g/mol. The molecule has 0 spiro atoms. The second-order valence-corrected chi connectivity index (χ2v) is 5.64. The molecule has 0 radical (unpaired) electrons. The van der Waals surface area contributed by atoms with Gasteiger partial charge in [-0.1, -0.05) is 36.4 Å². The van der Waals surface area contributed by atoms with Crippen LogP contribution in [0, 0.1) is 0 Å². The number of aromatic nitrogens is 2. The number of carbonyl (C=O) groups is 1. The minimum absolute atomic E-state index is 0.0685. The van der Waals surface area contributed by atoms with Crippen LogP contribution in [0.1, 0.15) is 16.1 Å². The van der Waals surface area contributed by atoms with Gasteiger partial charge in [-0.2, -0.15) is 0 Å². The Balaban J connectivity index is 1.43. The minimum atomic E-state index is -0.0685. The summed E-state index contributed by atoms with van der Waals surface area (Å²) in [6.45, 7) is 0.607. The van der Waals surface area contributed by atoms with Crippen LogP contribution in [0.2, 0.25) is 0 Å². The Bertz CT molecular complexity index is 947. The van der Waals surface area contributed by atoms with Crippen molar-refractivity contribution in [2.24, 2.45) is 0 Å². The summed E-state index contributed by atoms with van der Waals surface area (Å²) in [7, 11) is 0. The molecule has 0 saturated carbocycles. The molecule has 23 heavy (non-hydrogen) atoms. The molecule has 0 unspecified atom stereocenters. The molecule has 0 bridgehead atoms. The number of benzene rings is 2. The van der Waals surface area contributed by atoms with Crippen molar-refractivity contribution in [3.8, 4) is 0 Å². The van der Waals surface area contributed by atoms with E-state index in [-0.39, 0.29) is 5.91 Å². The van der Waals surface area contributed by atoms with Crippen LogP contribution in [0.3, 0.4) is 0 Å². The minimum Gasteiger partial charge on any atom is -0.361 e. The summed E-state index contributed by atoms with van der Waals surface area (Å²) in [6, 6.07) is 18.0. The molecule has 4 aromatic rings. The van der Waals surface area contributed by atoms with Crippen molar-refractivity contribution in [3.63, 3.8) is 0 Å². The molecule has 4 heteroatoms. The number of amides is 1. The molecule has 0 aliphatic heterocycles. The Kier molecular flexibility index (Phi) is 3.35. The van der Waals surface area contributed by atoms with Gasteiger partial charge in [0.25, 0.3) is 5.91 Å². The molecule has 2 heterocycles. The Morgan fingerprint density at radius 1 is 1.00 bits per heavy atom. The quantitative estimate of drug-likeness (QED) is 0.530. The largest absolute Gasteiger partial charge is 0.361 e. The van der Waals surface area contributed by atoms with Gasteiger partial charge in [-0.25, -0.2) is 0 Å². The van der Waals surface area contributed by atoms with Crippen LogP contribution >= 0.6 is 0 Å². The SMILES string of the molecule is O=C(NCCc1c[nH]c2ccccc12)c1cc2ccccc2[nH]1. The topological polar surface area (TPSA) is 60.7 Å². The fourth-order valence-electron chi connectivity index (χ4n) is 2.94. The average Bonchev–Trinajstić information content (AvgIpc) is 3.19. The van der Waals surface area contributed by atoms with Crippen LogP contribution in [-0.4, -0.2) is 22.4 Å². The Morgan fingerprint density at radius 3 is 2.65 bits per heavy atom. The fourth-order valence-corrected chi connectivity index (χ4v) is 2.94. The van der Waals surface area contributed by atoms with E-state index < -0.39 is 0 Å². The molecule has 0 aliphatic rings. The highest BCUT2D eigenvalue weighted by molar-refractivity contribution is 5.98. The summed E-state index contributed by atoms with van der Waals surface area (Å²) in [6.07, 6.45) is 2.82. The van der Waals surface area contributed by atoms with Crippen LogP contribution < -0.4 is 5.32 Å². The highest BCUT2D eigenvalue weighted by Gasteiger charge is 2.09. The van der Waals surface area contributed by atoms with Gasteiger partial charge in [0.1, 0.15) is 5.69 Å². The zero-order valence-electron chi connectivity index (χ0n) is 12.6. The van der Waals surface area contributed by atoms with Gasteiger partial charge < -0.3 is 15.3 Å². The Morgan fingerprint density at radius 2 is 1.78 bits per heavy atom. The molecule has 0 saturated heterocycles. The van der Waals surface area contributed by atoms with Gasteiger partial charge in [-0.3, -0.25) is 4.79 Å². The molecule has 4 nitrogen and oxygen atoms in total. The maximum Gasteiger partial charge on any atom is 0.267 e. The maximum atomic E-state index is 12.3. The van der Waals surface area contributed by atoms with E-state index in [1.54, 1.807) is 0 Å². The first kappa shape index (κ1) is 13.6. The zero-order chi connectivity index (χ0) is 15.6. The molecule has 2 aromatic heterocycles. The summed E-state index contributed by atoms with van der Waals surface area (Å²) in [4.78, 5) is 18.7. The first-order valence-electron chi connectivity index (χ1n) is 7.72. The van der Waals surface area contributed by atoms with Crippen molar-refractivity contribution in [1.82, 2.24) is 15.3 Å². The van der Waals surface area contributed by atoms with Gasteiger partial charge in [0.2, 0.25) is 0 Å². The second kappa shape index (κ2) is 5.65. The summed E-state index contributed by atoms with van der Waals surface area (Å²) in [5, 5.41) is 5.24. The smallest absolute Gasteiger partial charge is 0.267 e. The number of H-pyrrole nitrogens is 2. The lowest BCUT2D eigenvalue weighted by Crippen LogP contribution is -2.25. The van der Waals surface area contributed by atoms with E-state index in [4.69, 9.17) is 0 Å². The molecular formula is C19H17N3O. The van der Waals surface area contributed by atoms with Crippen molar-refractivity contribution in [2.75, 3.05) is 6.54 Å². The lowest BCUT2D eigenvalue weighted by molar-refractivity contribution is 0.0950. The number of hydrogen-bond acceptors (Lipinski definition) is 1. The van der Waals surface area contributed by atoms with Crippen LogP contribution in [-0.2, 0) is 6.42 Å². The molecule has 0 aliphatic carbocycles. The fraction of sp³-hybridized carbons (Fsp3) is 0.105. The third-order valence-electron chi connectivity index (χ3n) is 4.13. The molecule has 4 rings (SSSR count). The van der Waals surface area contributed by atoms with Crippen molar-refractivity contribution in [2.45, 2.75) is 6.42 Å². The van der Waals surface area contributed by atoms with Gasteiger partial charge in [-0.05, 0) is 30.2 Å². The lowest BCUT2D eigenvalue weighted by Gasteiger charge is -2.03. The summed E-state index contributed by atoms with van der Waals surface area (Å²) < 4.78 is 0. The number of rotatable bonds is 4.